The first kappa shape index (κ1) is 17.8. The van der Waals surface area contributed by atoms with Gasteiger partial charge in [0, 0.05) is 34.9 Å². The van der Waals surface area contributed by atoms with Crippen LogP contribution in [-0.2, 0) is 4.79 Å². The molecule has 1 aliphatic heterocycles. The number of anilines is 1. The zero-order valence-corrected chi connectivity index (χ0v) is 16.6. The van der Waals surface area contributed by atoms with E-state index in [0.717, 1.165) is 63.2 Å². The second-order valence-corrected chi connectivity index (χ2v) is 7.58. The molecule has 5 rings (SSSR count). The fourth-order valence-corrected chi connectivity index (χ4v) is 4.73. The Kier molecular flexibility index (Phi) is 4.27. The lowest BCUT2D eigenvalue weighted by atomic mass is 9.74. The zero-order chi connectivity index (χ0) is 20.0. The molecule has 3 aromatic rings. The molecule has 29 heavy (non-hydrogen) atoms. The summed E-state index contributed by atoms with van der Waals surface area (Å²) in [6, 6.07) is 18.4. The molecule has 0 bridgehead atoms. The fraction of sp³-hybridized carbons (Fsp3) is 0.240. The monoisotopic (exact) mass is 385 g/mol. The van der Waals surface area contributed by atoms with Gasteiger partial charge in [-0.2, -0.15) is 0 Å². The molecule has 0 spiro atoms. The molecular formula is C25H23NO3. The fourth-order valence-electron chi connectivity index (χ4n) is 4.73. The normalized spacial score (nSPS) is 18.1. The smallest absolute Gasteiger partial charge is 0.161 e. The number of Topliss-reactive ketones (excluding diaryl/α,β-unsaturated/α-hetero) is 1. The van der Waals surface area contributed by atoms with Crippen molar-refractivity contribution in [3.05, 3.63) is 77.0 Å². The second-order valence-electron chi connectivity index (χ2n) is 7.58. The van der Waals surface area contributed by atoms with Crippen molar-refractivity contribution in [1.82, 2.24) is 0 Å². The highest BCUT2D eigenvalue weighted by Gasteiger charge is 2.37. The molecule has 1 aliphatic carbocycles. The second kappa shape index (κ2) is 6.96. The van der Waals surface area contributed by atoms with E-state index >= 15 is 0 Å². The van der Waals surface area contributed by atoms with E-state index in [4.69, 9.17) is 9.47 Å². The number of methoxy groups -OCH3 is 2. The van der Waals surface area contributed by atoms with Crippen LogP contribution in [0.3, 0.4) is 0 Å². The Morgan fingerprint density at radius 3 is 2.66 bits per heavy atom. The van der Waals surface area contributed by atoms with E-state index in [1.54, 1.807) is 14.2 Å². The first-order valence-electron chi connectivity index (χ1n) is 9.98. The van der Waals surface area contributed by atoms with Gasteiger partial charge in [0.1, 0.15) is 11.5 Å². The van der Waals surface area contributed by atoms with Crippen LogP contribution >= 0.6 is 0 Å². The van der Waals surface area contributed by atoms with Gasteiger partial charge in [0.2, 0.25) is 0 Å². The summed E-state index contributed by atoms with van der Waals surface area (Å²) in [5.74, 6) is 1.55. The molecule has 4 heteroatoms. The maximum atomic E-state index is 13.1. The number of ether oxygens (including phenoxy) is 2. The summed E-state index contributed by atoms with van der Waals surface area (Å²) >= 11 is 0. The lowest BCUT2D eigenvalue weighted by Crippen LogP contribution is -2.27. The molecule has 0 amide bonds. The number of carbonyl (C=O) groups is 1. The number of benzene rings is 3. The Labute approximate surface area is 170 Å². The minimum Gasteiger partial charge on any atom is -0.497 e. The number of nitrogens with one attached hydrogen (secondary N) is 1. The van der Waals surface area contributed by atoms with Crippen LogP contribution in [0.15, 0.2) is 65.9 Å². The Hall–Kier alpha value is -3.27. The average molecular weight is 385 g/mol. The van der Waals surface area contributed by atoms with Crippen molar-refractivity contribution in [2.24, 2.45) is 0 Å². The van der Waals surface area contributed by atoms with E-state index < -0.39 is 0 Å². The molecule has 0 radical (unpaired) electrons. The molecular weight excluding hydrogens is 362 g/mol. The number of carbonyl (C=O) groups excluding carboxylic acids is 1. The van der Waals surface area contributed by atoms with Crippen LogP contribution in [0.25, 0.3) is 10.8 Å². The van der Waals surface area contributed by atoms with Gasteiger partial charge >= 0.3 is 0 Å². The van der Waals surface area contributed by atoms with E-state index in [-0.39, 0.29) is 11.7 Å². The van der Waals surface area contributed by atoms with Crippen LogP contribution in [0, 0.1) is 0 Å². The minimum atomic E-state index is -0.190. The van der Waals surface area contributed by atoms with Crippen molar-refractivity contribution in [2.45, 2.75) is 25.2 Å². The predicted octanol–water partition coefficient (Wildman–Crippen LogP) is 5.42. The van der Waals surface area contributed by atoms with E-state index in [1.165, 1.54) is 0 Å². The third kappa shape index (κ3) is 2.79. The molecule has 3 aromatic carbocycles. The molecule has 0 saturated carbocycles. The molecule has 4 nitrogen and oxygen atoms in total. The average Bonchev–Trinajstić information content (AvgIpc) is 2.77. The highest BCUT2D eigenvalue weighted by molar-refractivity contribution is 6.04. The topological polar surface area (TPSA) is 47.6 Å². The summed E-state index contributed by atoms with van der Waals surface area (Å²) in [5.41, 5.74) is 5.06. The largest absolute Gasteiger partial charge is 0.497 e. The summed E-state index contributed by atoms with van der Waals surface area (Å²) in [6.45, 7) is 0. The van der Waals surface area contributed by atoms with Crippen molar-refractivity contribution in [2.75, 3.05) is 19.5 Å². The first-order chi connectivity index (χ1) is 14.2. The Bertz CT molecular complexity index is 1160. The van der Waals surface area contributed by atoms with Gasteiger partial charge in [-0.05, 0) is 53.4 Å². The highest BCUT2D eigenvalue weighted by Crippen LogP contribution is 2.50. The number of rotatable bonds is 3. The standard InChI is InChI=1S/C25H23NO3/c1-28-16-11-13-22(29-2)18(14-16)24-23-17-7-4-3-6-15(17)10-12-20(23)26-19-8-5-9-21(27)25(19)24/h3-4,6-7,10-14,24,26H,5,8-9H2,1-2H3. The van der Waals surface area contributed by atoms with E-state index in [1.807, 2.05) is 24.3 Å². The van der Waals surface area contributed by atoms with E-state index in [0.29, 0.717) is 6.42 Å². The Balaban J connectivity index is 1.86. The molecule has 1 unspecified atom stereocenters. The van der Waals surface area contributed by atoms with Crippen molar-refractivity contribution < 1.29 is 14.3 Å². The summed E-state index contributed by atoms with van der Waals surface area (Å²) in [6.07, 6.45) is 2.36. The molecule has 1 N–H and O–H groups in total. The van der Waals surface area contributed by atoms with Crippen LogP contribution in [0.4, 0.5) is 5.69 Å². The van der Waals surface area contributed by atoms with Gasteiger partial charge in [-0.25, -0.2) is 0 Å². The van der Waals surface area contributed by atoms with Crippen LogP contribution in [0.2, 0.25) is 0 Å². The summed E-state index contributed by atoms with van der Waals surface area (Å²) in [4.78, 5) is 13.1. The maximum absolute atomic E-state index is 13.1. The predicted molar refractivity (Wildman–Crippen MR) is 115 cm³/mol. The SMILES string of the molecule is COc1ccc(OC)c(C2C3=C(CCCC3=O)Nc3ccc4ccccc4c32)c1. The van der Waals surface area contributed by atoms with E-state index in [2.05, 4.69) is 35.6 Å². The van der Waals surface area contributed by atoms with Crippen LogP contribution in [-0.4, -0.2) is 20.0 Å². The first-order valence-corrected chi connectivity index (χ1v) is 9.98. The number of ketones is 1. The number of fused-ring (bicyclic) bond motifs is 3. The molecule has 0 aromatic heterocycles. The maximum Gasteiger partial charge on any atom is 0.161 e. The summed E-state index contributed by atoms with van der Waals surface area (Å²) in [7, 11) is 3.34. The van der Waals surface area contributed by atoms with Crippen LogP contribution in [0.1, 0.15) is 36.3 Å². The van der Waals surface area contributed by atoms with Gasteiger partial charge in [-0.15, -0.1) is 0 Å². The van der Waals surface area contributed by atoms with Gasteiger partial charge in [0.25, 0.3) is 0 Å². The molecule has 0 saturated heterocycles. The van der Waals surface area contributed by atoms with Gasteiger partial charge in [0.05, 0.1) is 14.2 Å². The molecule has 146 valence electrons. The minimum absolute atomic E-state index is 0.190. The molecule has 1 atom stereocenters. The van der Waals surface area contributed by atoms with Gasteiger partial charge < -0.3 is 14.8 Å². The number of hydrogen-bond acceptors (Lipinski definition) is 4. The van der Waals surface area contributed by atoms with Crippen molar-refractivity contribution in [3.63, 3.8) is 0 Å². The third-order valence-electron chi connectivity index (χ3n) is 6.04. The van der Waals surface area contributed by atoms with Crippen LogP contribution < -0.4 is 14.8 Å². The lowest BCUT2D eigenvalue weighted by molar-refractivity contribution is -0.116. The van der Waals surface area contributed by atoms with Gasteiger partial charge in [0.15, 0.2) is 5.78 Å². The summed E-state index contributed by atoms with van der Waals surface area (Å²) in [5, 5.41) is 5.88. The third-order valence-corrected chi connectivity index (χ3v) is 6.04. The Morgan fingerprint density at radius 2 is 1.83 bits per heavy atom. The van der Waals surface area contributed by atoms with E-state index in [9.17, 15) is 4.79 Å². The van der Waals surface area contributed by atoms with Gasteiger partial charge in [-0.1, -0.05) is 30.3 Å². The van der Waals surface area contributed by atoms with Crippen molar-refractivity contribution in [3.8, 4) is 11.5 Å². The lowest BCUT2D eigenvalue weighted by Gasteiger charge is -2.35. The highest BCUT2D eigenvalue weighted by atomic mass is 16.5. The van der Waals surface area contributed by atoms with Gasteiger partial charge in [-0.3, -0.25) is 4.79 Å². The quantitative estimate of drug-likeness (QED) is 0.654. The summed E-state index contributed by atoms with van der Waals surface area (Å²) < 4.78 is 11.2. The molecule has 2 aliphatic rings. The zero-order valence-electron chi connectivity index (χ0n) is 16.6. The molecule has 1 heterocycles. The van der Waals surface area contributed by atoms with Crippen molar-refractivity contribution in [1.29, 1.82) is 0 Å². The van der Waals surface area contributed by atoms with Crippen molar-refractivity contribution >= 4 is 22.2 Å². The number of hydrogen-bond donors (Lipinski definition) is 1. The molecule has 0 fully saturated rings. The Morgan fingerprint density at radius 1 is 0.966 bits per heavy atom. The number of allylic oxidation sites excluding steroid dienone is 2. The van der Waals surface area contributed by atoms with Crippen LogP contribution in [0.5, 0.6) is 11.5 Å².